The van der Waals surface area contributed by atoms with E-state index in [9.17, 15) is 0 Å². The van der Waals surface area contributed by atoms with Gasteiger partial charge in [0.25, 0.3) is 0 Å². The number of fused-ring (bicyclic) bond motifs is 1. The average Bonchev–Trinajstić information content (AvgIpc) is 3.07. The van der Waals surface area contributed by atoms with Crippen LogP contribution in [-0.4, -0.2) is 9.97 Å². The third kappa shape index (κ3) is 2.55. The first-order valence-corrected chi connectivity index (χ1v) is 7.36. The van der Waals surface area contributed by atoms with E-state index in [4.69, 9.17) is 0 Å². The van der Waals surface area contributed by atoms with E-state index >= 15 is 0 Å². The van der Waals surface area contributed by atoms with Gasteiger partial charge in [-0.05, 0) is 37.4 Å². The molecule has 3 nitrogen and oxygen atoms in total. The maximum Gasteiger partial charge on any atom is 0.124 e. The molecule has 0 fully saturated rings. The maximum atomic E-state index is 4.63. The number of rotatable bonds is 4. The van der Waals surface area contributed by atoms with Gasteiger partial charge in [0, 0.05) is 10.9 Å². The minimum Gasteiger partial charge on any atom is -0.341 e. The zero-order chi connectivity index (χ0) is 13.2. The van der Waals surface area contributed by atoms with Gasteiger partial charge in [-0.15, -0.1) is 11.3 Å². The van der Waals surface area contributed by atoms with Crippen LogP contribution in [0.15, 0.2) is 41.8 Å². The van der Waals surface area contributed by atoms with Gasteiger partial charge in [0.15, 0.2) is 0 Å². The van der Waals surface area contributed by atoms with Gasteiger partial charge in [0.2, 0.25) is 0 Å². The fourth-order valence-corrected chi connectivity index (χ4v) is 2.99. The molecule has 0 spiro atoms. The van der Waals surface area contributed by atoms with E-state index < -0.39 is 0 Å². The van der Waals surface area contributed by atoms with Crippen molar-refractivity contribution in [3.8, 4) is 0 Å². The summed E-state index contributed by atoms with van der Waals surface area (Å²) in [6.45, 7) is 4.33. The first-order chi connectivity index (χ1) is 9.24. The summed E-state index contributed by atoms with van der Waals surface area (Å²) >= 11 is 1.78. The molecule has 0 aliphatic carbocycles. The topological polar surface area (TPSA) is 40.7 Å². The molecule has 0 aliphatic heterocycles. The molecule has 19 heavy (non-hydrogen) atoms. The van der Waals surface area contributed by atoms with Crippen molar-refractivity contribution in [1.29, 1.82) is 0 Å². The van der Waals surface area contributed by atoms with Gasteiger partial charge in [0.05, 0.1) is 17.1 Å². The number of hydrogen-bond donors (Lipinski definition) is 2. The first-order valence-electron chi connectivity index (χ1n) is 6.48. The maximum absolute atomic E-state index is 4.63. The smallest absolute Gasteiger partial charge is 0.124 e. The Bertz CT molecular complexity index is 624. The molecule has 1 aromatic carbocycles. The van der Waals surface area contributed by atoms with E-state index in [0.29, 0.717) is 6.04 Å². The van der Waals surface area contributed by atoms with E-state index in [1.165, 1.54) is 4.88 Å². The molecule has 2 N–H and O–H groups in total. The van der Waals surface area contributed by atoms with Crippen LogP contribution < -0.4 is 5.32 Å². The number of thiophene rings is 1. The molecule has 2 unspecified atom stereocenters. The summed E-state index contributed by atoms with van der Waals surface area (Å²) in [5.41, 5.74) is 2.12. The molecule has 2 heterocycles. The summed E-state index contributed by atoms with van der Waals surface area (Å²) in [5, 5.41) is 5.69. The zero-order valence-corrected chi connectivity index (χ0v) is 11.9. The van der Waals surface area contributed by atoms with Crippen LogP contribution in [0.1, 0.15) is 36.6 Å². The molecular weight excluding hydrogens is 254 g/mol. The van der Waals surface area contributed by atoms with Gasteiger partial charge < -0.3 is 10.3 Å². The van der Waals surface area contributed by atoms with E-state index in [-0.39, 0.29) is 6.04 Å². The molecule has 0 bridgehead atoms. The number of aromatic nitrogens is 2. The highest BCUT2D eigenvalue weighted by Crippen LogP contribution is 2.22. The number of para-hydroxylation sites is 2. The Morgan fingerprint density at radius 3 is 2.68 bits per heavy atom. The number of benzene rings is 1. The number of nitrogens with one attached hydrogen (secondary N) is 2. The highest BCUT2D eigenvalue weighted by molar-refractivity contribution is 7.10. The third-order valence-electron chi connectivity index (χ3n) is 3.29. The van der Waals surface area contributed by atoms with Crippen LogP contribution in [0.25, 0.3) is 11.0 Å². The molecule has 3 rings (SSSR count). The monoisotopic (exact) mass is 271 g/mol. The van der Waals surface area contributed by atoms with Gasteiger partial charge >= 0.3 is 0 Å². The SMILES string of the molecule is CC(NC(C)c1cccs1)c1nc2ccccc2[nH]1. The predicted octanol–water partition coefficient (Wildman–Crippen LogP) is 4.04. The van der Waals surface area contributed by atoms with Crippen LogP contribution in [0, 0.1) is 0 Å². The van der Waals surface area contributed by atoms with Crippen LogP contribution in [0.5, 0.6) is 0 Å². The van der Waals surface area contributed by atoms with Crippen molar-refractivity contribution in [3.63, 3.8) is 0 Å². The lowest BCUT2D eigenvalue weighted by molar-refractivity contribution is 0.485. The zero-order valence-electron chi connectivity index (χ0n) is 11.1. The van der Waals surface area contributed by atoms with Crippen molar-refractivity contribution >= 4 is 22.4 Å². The standard InChI is InChI=1S/C15H17N3S/c1-10(14-8-5-9-19-14)16-11(2)15-17-12-6-3-4-7-13(12)18-15/h3-11,16H,1-2H3,(H,17,18). The highest BCUT2D eigenvalue weighted by atomic mass is 32.1. The molecule has 0 radical (unpaired) electrons. The number of aromatic amines is 1. The van der Waals surface area contributed by atoms with Crippen molar-refractivity contribution in [3.05, 3.63) is 52.5 Å². The van der Waals surface area contributed by atoms with Gasteiger partial charge in [-0.25, -0.2) is 4.98 Å². The molecule has 2 atom stereocenters. The van der Waals surface area contributed by atoms with Crippen LogP contribution in [-0.2, 0) is 0 Å². The Balaban J connectivity index is 1.78. The van der Waals surface area contributed by atoms with E-state index in [1.807, 2.05) is 18.2 Å². The molecule has 3 aromatic rings. The molecule has 4 heteroatoms. The number of hydrogen-bond acceptors (Lipinski definition) is 3. The van der Waals surface area contributed by atoms with Crippen LogP contribution in [0.2, 0.25) is 0 Å². The second-order valence-electron chi connectivity index (χ2n) is 4.76. The van der Waals surface area contributed by atoms with E-state index in [1.54, 1.807) is 11.3 Å². The lowest BCUT2D eigenvalue weighted by atomic mass is 10.2. The van der Waals surface area contributed by atoms with Crippen molar-refractivity contribution in [2.45, 2.75) is 25.9 Å². The average molecular weight is 271 g/mol. The van der Waals surface area contributed by atoms with Gasteiger partial charge in [-0.1, -0.05) is 18.2 Å². The highest BCUT2D eigenvalue weighted by Gasteiger charge is 2.14. The summed E-state index contributed by atoms with van der Waals surface area (Å²) in [4.78, 5) is 9.36. The van der Waals surface area contributed by atoms with Crippen LogP contribution in [0.3, 0.4) is 0 Å². The quantitative estimate of drug-likeness (QED) is 0.752. The second-order valence-corrected chi connectivity index (χ2v) is 5.74. The normalized spacial score (nSPS) is 14.6. The lowest BCUT2D eigenvalue weighted by Crippen LogP contribution is -2.22. The Hall–Kier alpha value is -1.65. The third-order valence-corrected chi connectivity index (χ3v) is 4.34. The van der Waals surface area contributed by atoms with E-state index in [0.717, 1.165) is 16.9 Å². The molecule has 0 amide bonds. The van der Waals surface area contributed by atoms with Gasteiger partial charge in [-0.2, -0.15) is 0 Å². The summed E-state index contributed by atoms with van der Waals surface area (Å²) in [7, 11) is 0. The van der Waals surface area contributed by atoms with E-state index in [2.05, 4.69) is 52.7 Å². The Morgan fingerprint density at radius 2 is 1.95 bits per heavy atom. The summed E-state index contributed by atoms with van der Waals surface area (Å²) in [6.07, 6.45) is 0. The van der Waals surface area contributed by atoms with Gasteiger partial charge in [-0.3, -0.25) is 0 Å². The first kappa shape index (κ1) is 12.4. The second kappa shape index (κ2) is 5.15. The predicted molar refractivity (Wildman–Crippen MR) is 80.4 cm³/mol. The van der Waals surface area contributed by atoms with Gasteiger partial charge in [0.1, 0.15) is 5.82 Å². The van der Waals surface area contributed by atoms with Crippen molar-refractivity contribution in [2.75, 3.05) is 0 Å². The fraction of sp³-hybridized carbons (Fsp3) is 0.267. The molecule has 0 saturated heterocycles. The van der Waals surface area contributed by atoms with Crippen molar-refractivity contribution in [2.24, 2.45) is 0 Å². The largest absolute Gasteiger partial charge is 0.341 e. The molecular formula is C15H17N3S. The van der Waals surface area contributed by atoms with Crippen molar-refractivity contribution in [1.82, 2.24) is 15.3 Å². The summed E-state index contributed by atoms with van der Waals surface area (Å²) < 4.78 is 0. The molecule has 0 saturated carbocycles. The number of nitrogens with zero attached hydrogens (tertiary/aromatic N) is 1. The molecule has 98 valence electrons. The lowest BCUT2D eigenvalue weighted by Gasteiger charge is -2.17. The Labute approximate surface area is 116 Å². The van der Waals surface area contributed by atoms with Crippen LogP contribution in [0.4, 0.5) is 0 Å². The molecule has 0 aliphatic rings. The Morgan fingerprint density at radius 1 is 1.11 bits per heavy atom. The van der Waals surface area contributed by atoms with Crippen molar-refractivity contribution < 1.29 is 0 Å². The summed E-state index contributed by atoms with van der Waals surface area (Å²) in [5.74, 6) is 0.990. The fourth-order valence-electron chi connectivity index (χ4n) is 2.25. The Kier molecular flexibility index (Phi) is 3.36. The summed E-state index contributed by atoms with van der Waals surface area (Å²) in [6, 6.07) is 12.9. The molecule has 2 aromatic heterocycles. The minimum atomic E-state index is 0.199. The van der Waals surface area contributed by atoms with Crippen LogP contribution >= 0.6 is 11.3 Å². The minimum absolute atomic E-state index is 0.199. The number of H-pyrrole nitrogens is 1. The number of imidazole rings is 1.